The zero-order chi connectivity index (χ0) is 14.6. The molecule has 2 unspecified atom stereocenters. The Balaban J connectivity index is 1.85. The average Bonchev–Trinajstić information content (AvgIpc) is 2.39. The van der Waals surface area contributed by atoms with Crippen molar-refractivity contribution >= 4 is 16.0 Å². The standard InChI is InChI=1S/C14H25NO4S/c16-14(17)12-7-4-8-13(9-12)15-20(18,19)10-11-5-2-1-3-6-11/h11-13,15H,1-10H2,(H,16,17). The average molecular weight is 303 g/mol. The smallest absolute Gasteiger partial charge is 0.306 e. The molecule has 0 aromatic heterocycles. The molecule has 2 rings (SSSR count). The lowest BCUT2D eigenvalue weighted by Crippen LogP contribution is -2.42. The Labute approximate surface area is 121 Å². The van der Waals surface area contributed by atoms with E-state index in [9.17, 15) is 13.2 Å². The van der Waals surface area contributed by atoms with E-state index in [-0.39, 0.29) is 17.7 Å². The van der Waals surface area contributed by atoms with Crippen LogP contribution in [0.15, 0.2) is 0 Å². The number of sulfonamides is 1. The van der Waals surface area contributed by atoms with Crippen molar-refractivity contribution in [2.45, 2.75) is 63.8 Å². The van der Waals surface area contributed by atoms with Crippen LogP contribution in [0.5, 0.6) is 0 Å². The van der Waals surface area contributed by atoms with Gasteiger partial charge in [-0.05, 0) is 38.0 Å². The fraction of sp³-hybridized carbons (Fsp3) is 0.929. The lowest BCUT2D eigenvalue weighted by atomic mass is 9.86. The van der Waals surface area contributed by atoms with Gasteiger partial charge in [0, 0.05) is 6.04 Å². The van der Waals surface area contributed by atoms with Gasteiger partial charge in [-0.3, -0.25) is 4.79 Å². The number of carboxylic acids is 1. The molecule has 2 fully saturated rings. The number of aliphatic carboxylic acids is 1. The molecule has 2 saturated carbocycles. The van der Waals surface area contributed by atoms with Crippen LogP contribution >= 0.6 is 0 Å². The van der Waals surface area contributed by atoms with Crippen molar-refractivity contribution in [3.05, 3.63) is 0 Å². The van der Waals surface area contributed by atoms with Crippen LogP contribution in [0.4, 0.5) is 0 Å². The molecule has 0 aromatic carbocycles. The summed E-state index contributed by atoms with van der Waals surface area (Å²) in [7, 11) is -3.27. The monoisotopic (exact) mass is 303 g/mol. The van der Waals surface area contributed by atoms with Crippen LogP contribution < -0.4 is 4.72 Å². The van der Waals surface area contributed by atoms with Crippen molar-refractivity contribution in [1.82, 2.24) is 4.72 Å². The Hall–Kier alpha value is -0.620. The second kappa shape index (κ2) is 6.89. The van der Waals surface area contributed by atoms with Gasteiger partial charge in [0.2, 0.25) is 10.0 Å². The normalized spacial score (nSPS) is 29.2. The van der Waals surface area contributed by atoms with Crippen LogP contribution in [-0.4, -0.2) is 31.3 Å². The molecule has 116 valence electrons. The molecule has 2 aliphatic rings. The molecule has 2 aliphatic carbocycles. The lowest BCUT2D eigenvalue weighted by Gasteiger charge is -2.28. The SMILES string of the molecule is O=C(O)C1CCCC(NS(=O)(=O)CC2CCCCC2)C1. The lowest BCUT2D eigenvalue weighted by molar-refractivity contribution is -0.143. The Kier molecular flexibility index (Phi) is 5.43. The molecule has 20 heavy (non-hydrogen) atoms. The maximum atomic E-state index is 12.2. The number of nitrogens with one attached hydrogen (secondary N) is 1. The van der Waals surface area contributed by atoms with Crippen molar-refractivity contribution < 1.29 is 18.3 Å². The van der Waals surface area contributed by atoms with E-state index in [1.54, 1.807) is 0 Å². The van der Waals surface area contributed by atoms with Crippen LogP contribution in [-0.2, 0) is 14.8 Å². The fourth-order valence-electron chi connectivity index (χ4n) is 3.49. The molecular formula is C14H25NO4S. The summed E-state index contributed by atoms with van der Waals surface area (Å²) in [4.78, 5) is 11.0. The van der Waals surface area contributed by atoms with E-state index in [0.29, 0.717) is 12.8 Å². The Bertz CT molecular complexity index is 428. The minimum absolute atomic E-state index is 0.196. The van der Waals surface area contributed by atoms with E-state index in [0.717, 1.165) is 38.5 Å². The van der Waals surface area contributed by atoms with E-state index in [1.165, 1.54) is 6.42 Å². The van der Waals surface area contributed by atoms with E-state index in [4.69, 9.17) is 5.11 Å². The molecule has 0 aromatic rings. The topological polar surface area (TPSA) is 83.5 Å². The zero-order valence-electron chi connectivity index (χ0n) is 11.9. The first-order valence-corrected chi connectivity index (χ1v) is 9.34. The van der Waals surface area contributed by atoms with Gasteiger partial charge in [-0.15, -0.1) is 0 Å². The maximum Gasteiger partial charge on any atom is 0.306 e. The summed E-state index contributed by atoms with van der Waals surface area (Å²) >= 11 is 0. The second-order valence-electron chi connectivity index (χ2n) is 6.30. The third-order valence-electron chi connectivity index (χ3n) is 4.55. The first kappa shape index (κ1) is 15.8. The van der Waals surface area contributed by atoms with Crippen molar-refractivity contribution in [2.75, 3.05) is 5.75 Å². The fourth-order valence-corrected chi connectivity index (χ4v) is 5.26. The van der Waals surface area contributed by atoms with E-state index >= 15 is 0 Å². The van der Waals surface area contributed by atoms with Crippen LogP contribution in [0.3, 0.4) is 0 Å². The van der Waals surface area contributed by atoms with Crippen molar-refractivity contribution in [1.29, 1.82) is 0 Å². The molecule has 0 bridgehead atoms. The highest BCUT2D eigenvalue weighted by atomic mass is 32.2. The molecule has 6 heteroatoms. The molecule has 5 nitrogen and oxygen atoms in total. The highest BCUT2D eigenvalue weighted by Crippen LogP contribution is 2.27. The van der Waals surface area contributed by atoms with Gasteiger partial charge in [-0.2, -0.15) is 0 Å². The second-order valence-corrected chi connectivity index (χ2v) is 8.10. The van der Waals surface area contributed by atoms with Crippen LogP contribution in [0.2, 0.25) is 0 Å². The first-order valence-electron chi connectivity index (χ1n) is 7.69. The van der Waals surface area contributed by atoms with Gasteiger partial charge in [0.05, 0.1) is 11.7 Å². The molecule has 2 N–H and O–H groups in total. The number of hydrogen-bond acceptors (Lipinski definition) is 3. The summed E-state index contributed by atoms with van der Waals surface area (Å²) in [5.41, 5.74) is 0. The van der Waals surface area contributed by atoms with Gasteiger partial charge in [-0.1, -0.05) is 25.7 Å². The summed E-state index contributed by atoms with van der Waals surface area (Å²) in [5, 5.41) is 9.04. The highest BCUT2D eigenvalue weighted by Gasteiger charge is 2.30. The van der Waals surface area contributed by atoms with Gasteiger partial charge in [0.25, 0.3) is 0 Å². The largest absolute Gasteiger partial charge is 0.481 e. The third-order valence-corrected chi connectivity index (χ3v) is 6.15. The minimum atomic E-state index is -3.27. The Morgan fingerprint density at radius 1 is 1.05 bits per heavy atom. The van der Waals surface area contributed by atoms with Crippen molar-refractivity contribution in [2.24, 2.45) is 11.8 Å². The van der Waals surface area contributed by atoms with E-state index < -0.39 is 21.9 Å². The van der Waals surface area contributed by atoms with Crippen molar-refractivity contribution in [3.8, 4) is 0 Å². The molecule has 0 radical (unpaired) electrons. The summed E-state index contributed by atoms with van der Waals surface area (Å²) in [6.45, 7) is 0. The number of hydrogen-bond donors (Lipinski definition) is 2. The zero-order valence-corrected chi connectivity index (χ0v) is 12.7. The highest BCUT2D eigenvalue weighted by molar-refractivity contribution is 7.89. The van der Waals surface area contributed by atoms with Crippen LogP contribution in [0, 0.1) is 11.8 Å². The van der Waals surface area contributed by atoms with Gasteiger partial charge in [0.1, 0.15) is 0 Å². The molecule has 0 spiro atoms. The number of carbonyl (C=O) groups is 1. The number of carboxylic acid groups (broad SMARTS) is 1. The molecule has 0 saturated heterocycles. The molecular weight excluding hydrogens is 278 g/mol. The predicted molar refractivity (Wildman–Crippen MR) is 76.9 cm³/mol. The maximum absolute atomic E-state index is 12.2. The summed E-state index contributed by atoms with van der Waals surface area (Å²) in [6, 6.07) is -0.196. The Morgan fingerprint density at radius 2 is 1.75 bits per heavy atom. The van der Waals surface area contributed by atoms with Crippen LogP contribution in [0.1, 0.15) is 57.8 Å². The summed E-state index contributed by atoms with van der Waals surface area (Å²) < 4.78 is 27.1. The van der Waals surface area contributed by atoms with E-state index in [2.05, 4.69) is 4.72 Å². The third kappa shape index (κ3) is 4.74. The van der Waals surface area contributed by atoms with Crippen LogP contribution in [0.25, 0.3) is 0 Å². The molecule has 0 amide bonds. The summed E-state index contributed by atoms with van der Waals surface area (Å²) in [5.74, 6) is -0.714. The quantitative estimate of drug-likeness (QED) is 0.815. The van der Waals surface area contributed by atoms with Gasteiger partial charge in [-0.25, -0.2) is 13.1 Å². The molecule has 2 atom stereocenters. The van der Waals surface area contributed by atoms with Gasteiger partial charge in [0.15, 0.2) is 0 Å². The Morgan fingerprint density at radius 3 is 2.40 bits per heavy atom. The van der Waals surface area contributed by atoms with E-state index in [1.807, 2.05) is 0 Å². The minimum Gasteiger partial charge on any atom is -0.481 e. The van der Waals surface area contributed by atoms with Crippen molar-refractivity contribution in [3.63, 3.8) is 0 Å². The molecule has 0 aliphatic heterocycles. The van der Waals surface area contributed by atoms with Gasteiger partial charge < -0.3 is 5.11 Å². The number of rotatable bonds is 5. The molecule has 0 heterocycles. The summed E-state index contributed by atoms with van der Waals surface area (Å²) in [6.07, 6.45) is 8.12. The predicted octanol–water partition coefficient (Wildman–Crippen LogP) is 2.13. The first-order chi connectivity index (χ1) is 9.46. The van der Waals surface area contributed by atoms with Gasteiger partial charge >= 0.3 is 5.97 Å².